The topological polar surface area (TPSA) is 146 Å². The van der Waals surface area contributed by atoms with Crippen LogP contribution in [0.4, 0.5) is 0 Å². The predicted octanol–water partition coefficient (Wildman–Crippen LogP) is 0.456. The van der Waals surface area contributed by atoms with Crippen molar-refractivity contribution in [2.75, 3.05) is 0 Å². The molecule has 0 saturated carbocycles. The first-order valence-corrected chi connectivity index (χ1v) is 7.83. The number of aromatic nitrogens is 10. The molecular formula is C12H11BrN10O. The van der Waals surface area contributed by atoms with Gasteiger partial charge < -0.3 is 9.51 Å². The molecule has 122 valence electrons. The van der Waals surface area contributed by atoms with Crippen LogP contribution in [-0.2, 0) is 6.42 Å². The molecule has 0 aromatic carbocycles. The minimum atomic E-state index is -0.749. The summed E-state index contributed by atoms with van der Waals surface area (Å²) in [5.74, 6) is 0.861. The van der Waals surface area contributed by atoms with Crippen LogP contribution in [0.2, 0.25) is 0 Å². The Hall–Kier alpha value is -2.73. The summed E-state index contributed by atoms with van der Waals surface area (Å²) in [4.78, 5) is 4.47. The standard InChI is InChI=1S/C12H11BrN10O/c13-7-3-10-14-8(11-15-19-20-16-11)5-23(10)4-6(7)1-2-9(24)12-17-21-22-18-12/h3-5,9,24H,1-2H2,(H,15,16,19,20)(H,17,18,21,22). The lowest BCUT2D eigenvalue weighted by Crippen LogP contribution is -2.03. The SMILES string of the molecule is OC(CCc1cn2cc(-c3nnn[nH]3)nc2cc1Br)c1nnn[nH]1. The summed E-state index contributed by atoms with van der Waals surface area (Å²) in [5.41, 5.74) is 2.43. The number of fused-ring (bicyclic) bond motifs is 1. The maximum absolute atomic E-state index is 10.1. The number of aryl methyl sites for hydroxylation is 1. The maximum atomic E-state index is 10.1. The molecule has 11 nitrogen and oxygen atoms in total. The normalized spacial score (nSPS) is 12.8. The number of aliphatic hydroxyl groups is 1. The first kappa shape index (κ1) is 14.8. The first-order chi connectivity index (χ1) is 11.7. The van der Waals surface area contributed by atoms with E-state index in [1.54, 1.807) is 0 Å². The largest absolute Gasteiger partial charge is 0.385 e. The maximum Gasteiger partial charge on any atom is 0.199 e. The van der Waals surface area contributed by atoms with Gasteiger partial charge in [0.2, 0.25) is 0 Å². The number of nitrogens with zero attached hydrogens (tertiary/aromatic N) is 8. The number of rotatable bonds is 5. The molecule has 3 N–H and O–H groups in total. The number of tetrazole rings is 2. The lowest BCUT2D eigenvalue weighted by Gasteiger charge is -2.08. The van der Waals surface area contributed by atoms with Crippen molar-refractivity contribution in [1.82, 2.24) is 50.6 Å². The lowest BCUT2D eigenvalue weighted by atomic mass is 10.1. The third-order valence-corrected chi connectivity index (χ3v) is 4.31. The number of nitrogens with one attached hydrogen (secondary N) is 2. The van der Waals surface area contributed by atoms with Crippen molar-refractivity contribution in [3.63, 3.8) is 0 Å². The van der Waals surface area contributed by atoms with Gasteiger partial charge in [-0.25, -0.2) is 15.2 Å². The number of H-pyrrole nitrogens is 2. The quantitative estimate of drug-likeness (QED) is 0.445. The van der Waals surface area contributed by atoms with Crippen LogP contribution in [-0.4, -0.2) is 55.7 Å². The fraction of sp³-hybridized carbons (Fsp3) is 0.250. The van der Waals surface area contributed by atoms with Gasteiger partial charge in [0.05, 0.1) is 0 Å². The van der Waals surface area contributed by atoms with Crippen molar-refractivity contribution >= 4 is 21.6 Å². The Morgan fingerprint density at radius 1 is 1.17 bits per heavy atom. The van der Waals surface area contributed by atoms with Crippen LogP contribution in [0, 0.1) is 0 Å². The summed E-state index contributed by atoms with van der Waals surface area (Å²) in [6.07, 6.45) is 4.15. The summed E-state index contributed by atoms with van der Waals surface area (Å²) in [6, 6.07) is 1.91. The molecule has 0 bridgehead atoms. The number of imidazole rings is 1. The number of hydrogen-bond acceptors (Lipinski definition) is 8. The molecule has 0 fully saturated rings. The molecule has 4 aromatic heterocycles. The number of hydrogen-bond donors (Lipinski definition) is 3. The second-order valence-electron chi connectivity index (χ2n) is 5.13. The Morgan fingerprint density at radius 3 is 2.75 bits per heavy atom. The number of aromatic amines is 2. The summed E-state index contributed by atoms with van der Waals surface area (Å²) < 4.78 is 2.80. The molecule has 0 amide bonds. The van der Waals surface area contributed by atoms with E-state index in [9.17, 15) is 5.11 Å². The molecule has 4 heterocycles. The van der Waals surface area contributed by atoms with Gasteiger partial charge in [0.25, 0.3) is 0 Å². The van der Waals surface area contributed by atoms with Gasteiger partial charge in [0.15, 0.2) is 11.6 Å². The van der Waals surface area contributed by atoms with E-state index < -0.39 is 6.10 Å². The van der Waals surface area contributed by atoms with Crippen LogP contribution >= 0.6 is 15.9 Å². The van der Waals surface area contributed by atoms with E-state index in [1.807, 2.05) is 22.9 Å². The van der Waals surface area contributed by atoms with E-state index in [4.69, 9.17) is 0 Å². The molecule has 1 atom stereocenters. The molecule has 12 heteroatoms. The molecule has 0 saturated heterocycles. The Kier molecular flexibility index (Phi) is 3.74. The highest BCUT2D eigenvalue weighted by atomic mass is 79.9. The third kappa shape index (κ3) is 2.76. The van der Waals surface area contributed by atoms with Crippen molar-refractivity contribution < 1.29 is 5.11 Å². The Labute approximate surface area is 142 Å². The summed E-state index contributed by atoms with van der Waals surface area (Å²) in [6.45, 7) is 0. The molecule has 0 aliphatic carbocycles. The van der Waals surface area contributed by atoms with Gasteiger partial charge in [-0.15, -0.1) is 10.2 Å². The molecule has 4 aromatic rings. The highest BCUT2D eigenvalue weighted by Crippen LogP contribution is 2.24. The minimum absolute atomic E-state index is 0.356. The van der Waals surface area contributed by atoms with Gasteiger partial charge >= 0.3 is 0 Å². The average molecular weight is 391 g/mol. The number of pyridine rings is 1. The van der Waals surface area contributed by atoms with Crippen LogP contribution in [0.1, 0.15) is 23.9 Å². The van der Waals surface area contributed by atoms with E-state index in [1.165, 1.54) is 0 Å². The molecular weight excluding hydrogens is 380 g/mol. The zero-order valence-corrected chi connectivity index (χ0v) is 13.7. The van der Waals surface area contributed by atoms with Gasteiger partial charge in [-0.3, -0.25) is 0 Å². The van der Waals surface area contributed by atoms with E-state index in [0.717, 1.165) is 15.7 Å². The molecule has 0 aliphatic heterocycles. The highest BCUT2D eigenvalue weighted by molar-refractivity contribution is 9.10. The second-order valence-corrected chi connectivity index (χ2v) is 5.98. The van der Waals surface area contributed by atoms with Crippen LogP contribution in [0.25, 0.3) is 17.2 Å². The van der Waals surface area contributed by atoms with Crippen molar-refractivity contribution in [2.24, 2.45) is 0 Å². The van der Waals surface area contributed by atoms with E-state index in [2.05, 4.69) is 62.2 Å². The fourth-order valence-electron chi connectivity index (χ4n) is 2.36. The van der Waals surface area contributed by atoms with Crippen LogP contribution in [0.3, 0.4) is 0 Å². The Bertz CT molecular complexity index is 948. The summed E-state index contributed by atoms with van der Waals surface area (Å²) in [7, 11) is 0. The molecule has 4 rings (SSSR count). The second kappa shape index (κ2) is 6.05. The smallest absolute Gasteiger partial charge is 0.199 e. The molecule has 24 heavy (non-hydrogen) atoms. The van der Waals surface area contributed by atoms with Gasteiger partial charge in [0.1, 0.15) is 17.4 Å². The first-order valence-electron chi connectivity index (χ1n) is 7.03. The average Bonchev–Trinajstić information content (AvgIpc) is 3.31. The van der Waals surface area contributed by atoms with Crippen molar-refractivity contribution in [3.8, 4) is 11.5 Å². The summed E-state index contributed by atoms with van der Waals surface area (Å²) >= 11 is 3.54. The Balaban J connectivity index is 1.58. The van der Waals surface area contributed by atoms with Crippen molar-refractivity contribution in [2.45, 2.75) is 18.9 Å². The van der Waals surface area contributed by atoms with Crippen molar-refractivity contribution in [3.05, 3.63) is 34.3 Å². The minimum Gasteiger partial charge on any atom is -0.385 e. The molecule has 0 spiro atoms. The van der Waals surface area contributed by atoms with Crippen molar-refractivity contribution in [1.29, 1.82) is 0 Å². The number of aliphatic hydroxyl groups excluding tert-OH is 1. The lowest BCUT2D eigenvalue weighted by molar-refractivity contribution is 0.158. The van der Waals surface area contributed by atoms with Gasteiger partial charge in [-0.1, -0.05) is 15.9 Å². The van der Waals surface area contributed by atoms with E-state index in [0.29, 0.717) is 30.2 Å². The number of halogens is 1. The zero-order chi connectivity index (χ0) is 16.5. The zero-order valence-electron chi connectivity index (χ0n) is 12.1. The Morgan fingerprint density at radius 2 is 2.00 bits per heavy atom. The molecule has 0 aliphatic rings. The van der Waals surface area contributed by atoms with Gasteiger partial charge in [-0.05, 0) is 45.3 Å². The monoisotopic (exact) mass is 390 g/mol. The molecule has 1 unspecified atom stereocenters. The highest BCUT2D eigenvalue weighted by Gasteiger charge is 2.14. The fourth-order valence-corrected chi connectivity index (χ4v) is 2.86. The van der Waals surface area contributed by atoms with Crippen LogP contribution < -0.4 is 0 Å². The van der Waals surface area contributed by atoms with Gasteiger partial charge in [-0.2, -0.15) is 0 Å². The summed E-state index contributed by atoms with van der Waals surface area (Å²) in [5, 5.41) is 36.9. The van der Waals surface area contributed by atoms with E-state index >= 15 is 0 Å². The molecule has 0 radical (unpaired) electrons. The van der Waals surface area contributed by atoms with Gasteiger partial charge in [0, 0.05) is 16.9 Å². The predicted molar refractivity (Wildman–Crippen MR) is 83.5 cm³/mol. The van der Waals surface area contributed by atoms with Crippen LogP contribution in [0.5, 0.6) is 0 Å². The third-order valence-electron chi connectivity index (χ3n) is 3.57. The van der Waals surface area contributed by atoms with E-state index in [-0.39, 0.29) is 0 Å². The van der Waals surface area contributed by atoms with Crippen LogP contribution in [0.15, 0.2) is 22.9 Å².